The molecular weight excluding hydrogens is 366 g/mol. The second-order valence-electron chi connectivity index (χ2n) is 4.25. The molecule has 1 heterocycles. The van der Waals surface area contributed by atoms with Crippen molar-refractivity contribution in [2.75, 3.05) is 7.05 Å². The van der Waals surface area contributed by atoms with E-state index in [1.165, 1.54) is 17.4 Å². The van der Waals surface area contributed by atoms with Crippen molar-refractivity contribution >= 4 is 37.6 Å². The van der Waals surface area contributed by atoms with E-state index < -0.39 is 10.0 Å². The first kappa shape index (κ1) is 15.6. The highest BCUT2D eigenvalue weighted by Crippen LogP contribution is 2.21. The van der Waals surface area contributed by atoms with Gasteiger partial charge in [-0.2, -0.15) is 4.31 Å². The van der Waals surface area contributed by atoms with E-state index >= 15 is 0 Å². The lowest BCUT2D eigenvalue weighted by Crippen LogP contribution is -2.26. The molecule has 4 nitrogen and oxygen atoms in total. The largest absolute Gasteiger partial charge is 0.447 e. The Labute approximate surface area is 131 Å². The van der Waals surface area contributed by atoms with Crippen LogP contribution in [-0.2, 0) is 22.4 Å². The molecule has 0 radical (unpaired) electrons. The van der Waals surface area contributed by atoms with Gasteiger partial charge in [0.25, 0.3) is 10.0 Å². The Morgan fingerprint density at radius 1 is 1.30 bits per heavy atom. The molecule has 2 aromatic rings. The van der Waals surface area contributed by atoms with Gasteiger partial charge in [-0.05, 0) is 29.8 Å². The molecule has 0 aliphatic carbocycles. The third-order valence-corrected chi connectivity index (χ3v) is 5.16. The fraction of sp³-hybridized carbons (Fsp3) is 0.231. The van der Waals surface area contributed by atoms with Crippen LogP contribution in [0.15, 0.2) is 50.4 Å². The van der Waals surface area contributed by atoms with E-state index in [1.54, 1.807) is 6.07 Å². The Balaban J connectivity index is 2.21. The van der Waals surface area contributed by atoms with Crippen molar-refractivity contribution in [2.45, 2.75) is 17.5 Å². The first-order valence-electron chi connectivity index (χ1n) is 5.79. The second kappa shape index (κ2) is 6.30. The van der Waals surface area contributed by atoms with E-state index in [2.05, 4.69) is 15.9 Å². The average Bonchev–Trinajstić information content (AvgIpc) is 2.88. The van der Waals surface area contributed by atoms with Gasteiger partial charge in [0.05, 0.1) is 5.88 Å². The van der Waals surface area contributed by atoms with Crippen LogP contribution < -0.4 is 0 Å². The minimum Gasteiger partial charge on any atom is -0.447 e. The SMILES string of the molecule is CN(Cc1cccc(Br)c1)S(=O)(=O)c1ccc(CCl)o1. The van der Waals surface area contributed by atoms with Crippen LogP contribution in [0.2, 0.25) is 0 Å². The average molecular weight is 379 g/mol. The van der Waals surface area contributed by atoms with E-state index in [0.717, 1.165) is 10.0 Å². The molecule has 0 aliphatic rings. The molecule has 7 heteroatoms. The normalized spacial score (nSPS) is 12.0. The summed E-state index contributed by atoms with van der Waals surface area (Å²) in [6.07, 6.45) is 0. The quantitative estimate of drug-likeness (QED) is 0.747. The van der Waals surface area contributed by atoms with Crippen molar-refractivity contribution < 1.29 is 12.8 Å². The minimum atomic E-state index is -3.65. The Hall–Kier alpha value is -0.820. The molecule has 0 saturated carbocycles. The maximum absolute atomic E-state index is 12.3. The summed E-state index contributed by atoms with van der Waals surface area (Å²) in [6.45, 7) is 0.263. The van der Waals surface area contributed by atoms with Crippen LogP contribution in [-0.4, -0.2) is 19.8 Å². The molecule has 2 rings (SSSR count). The van der Waals surface area contributed by atoms with E-state index in [9.17, 15) is 8.42 Å². The van der Waals surface area contributed by atoms with Crippen molar-refractivity contribution in [2.24, 2.45) is 0 Å². The molecule has 0 spiro atoms. The van der Waals surface area contributed by atoms with Crippen LogP contribution in [0.25, 0.3) is 0 Å². The van der Waals surface area contributed by atoms with E-state index in [-0.39, 0.29) is 17.5 Å². The number of hydrogen-bond acceptors (Lipinski definition) is 3. The van der Waals surface area contributed by atoms with Crippen LogP contribution in [0, 0.1) is 0 Å². The standard InChI is InChI=1S/C13H13BrClNO3S/c1-16(9-10-3-2-4-11(14)7-10)20(17,18)13-6-5-12(8-15)19-13/h2-7H,8-9H2,1H3. The van der Waals surface area contributed by atoms with Gasteiger partial charge in [0.1, 0.15) is 5.76 Å². The number of benzene rings is 1. The van der Waals surface area contributed by atoms with Gasteiger partial charge in [0.15, 0.2) is 0 Å². The monoisotopic (exact) mass is 377 g/mol. The van der Waals surface area contributed by atoms with Gasteiger partial charge in [-0.1, -0.05) is 28.1 Å². The smallest absolute Gasteiger partial charge is 0.276 e. The summed E-state index contributed by atoms with van der Waals surface area (Å²) in [7, 11) is -2.13. The molecule has 1 aromatic heterocycles. The summed E-state index contributed by atoms with van der Waals surface area (Å²) in [5.74, 6) is 0.575. The van der Waals surface area contributed by atoms with Crippen LogP contribution in [0.1, 0.15) is 11.3 Å². The summed E-state index contributed by atoms with van der Waals surface area (Å²) >= 11 is 8.97. The number of alkyl halides is 1. The predicted octanol–water partition coefficient (Wildman–Crippen LogP) is 3.60. The Morgan fingerprint density at radius 3 is 2.65 bits per heavy atom. The molecular formula is C13H13BrClNO3S. The first-order chi connectivity index (χ1) is 9.43. The predicted molar refractivity (Wildman–Crippen MR) is 81.1 cm³/mol. The Bertz CT molecular complexity index is 699. The number of sulfonamides is 1. The molecule has 0 amide bonds. The molecule has 0 unspecified atom stereocenters. The molecule has 0 N–H and O–H groups in total. The van der Waals surface area contributed by atoms with Crippen LogP contribution >= 0.6 is 27.5 Å². The number of hydrogen-bond donors (Lipinski definition) is 0. The van der Waals surface area contributed by atoms with Gasteiger partial charge >= 0.3 is 0 Å². The van der Waals surface area contributed by atoms with Crippen LogP contribution in [0.3, 0.4) is 0 Å². The zero-order valence-electron chi connectivity index (χ0n) is 10.7. The van der Waals surface area contributed by atoms with Gasteiger partial charge in [-0.15, -0.1) is 11.6 Å². The number of halogens is 2. The second-order valence-corrected chi connectivity index (χ2v) is 7.40. The summed E-state index contributed by atoms with van der Waals surface area (Å²) in [5.41, 5.74) is 0.884. The van der Waals surface area contributed by atoms with Crippen molar-refractivity contribution in [3.63, 3.8) is 0 Å². The number of rotatable bonds is 5. The van der Waals surface area contributed by atoms with Gasteiger partial charge < -0.3 is 4.42 Å². The van der Waals surface area contributed by atoms with Gasteiger partial charge in [0, 0.05) is 18.1 Å². The Morgan fingerprint density at radius 2 is 2.05 bits per heavy atom. The lowest BCUT2D eigenvalue weighted by atomic mass is 10.2. The lowest BCUT2D eigenvalue weighted by Gasteiger charge is -2.15. The summed E-state index contributed by atoms with van der Waals surface area (Å²) in [5, 5.41) is -0.0920. The number of furan rings is 1. The maximum atomic E-state index is 12.3. The van der Waals surface area contributed by atoms with Crippen molar-refractivity contribution in [1.82, 2.24) is 4.31 Å². The van der Waals surface area contributed by atoms with Crippen molar-refractivity contribution in [1.29, 1.82) is 0 Å². The molecule has 20 heavy (non-hydrogen) atoms. The highest BCUT2D eigenvalue weighted by molar-refractivity contribution is 9.10. The van der Waals surface area contributed by atoms with Crippen LogP contribution in [0.5, 0.6) is 0 Å². The Kier molecular flexibility index (Phi) is 4.90. The topological polar surface area (TPSA) is 50.5 Å². The molecule has 108 valence electrons. The summed E-state index contributed by atoms with van der Waals surface area (Å²) in [4.78, 5) is 0. The maximum Gasteiger partial charge on any atom is 0.276 e. The van der Waals surface area contributed by atoms with Gasteiger partial charge in [0.2, 0.25) is 5.09 Å². The third kappa shape index (κ3) is 3.44. The van der Waals surface area contributed by atoms with Crippen molar-refractivity contribution in [3.05, 3.63) is 52.2 Å². The van der Waals surface area contributed by atoms with E-state index in [4.69, 9.17) is 16.0 Å². The highest BCUT2D eigenvalue weighted by atomic mass is 79.9. The fourth-order valence-corrected chi connectivity index (χ4v) is 3.37. The fourth-order valence-electron chi connectivity index (χ4n) is 1.70. The molecule has 0 aliphatic heterocycles. The third-order valence-electron chi connectivity index (χ3n) is 2.73. The highest BCUT2D eigenvalue weighted by Gasteiger charge is 2.24. The van der Waals surface area contributed by atoms with Crippen LogP contribution in [0.4, 0.5) is 0 Å². The van der Waals surface area contributed by atoms with E-state index in [0.29, 0.717) is 5.76 Å². The summed E-state index contributed by atoms with van der Waals surface area (Å²) < 4.78 is 32.0. The minimum absolute atomic E-state index is 0.0920. The molecule has 0 bridgehead atoms. The number of nitrogens with zero attached hydrogens (tertiary/aromatic N) is 1. The molecule has 0 saturated heterocycles. The molecule has 1 aromatic carbocycles. The zero-order chi connectivity index (χ0) is 14.8. The molecule has 0 fully saturated rings. The lowest BCUT2D eigenvalue weighted by molar-refractivity contribution is 0.393. The van der Waals surface area contributed by atoms with Crippen molar-refractivity contribution in [3.8, 4) is 0 Å². The van der Waals surface area contributed by atoms with Gasteiger partial charge in [-0.25, -0.2) is 8.42 Å². The molecule has 0 atom stereocenters. The first-order valence-corrected chi connectivity index (χ1v) is 8.55. The summed E-state index contributed by atoms with van der Waals surface area (Å²) in [6, 6.07) is 10.5. The van der Waals surface area contributed by atoms with Gasteiger partial charge in [-0.3, -0.25) is 0 Å². The van der Waals surface area contributed by atoms with E-state index in [1.807, 2.05) is 24.3 Å². The zero-order valence-corrected chi connectivity index (χ0v) is 13.9.